The lowest BCUT2D eigenvalue weighted by Gasteiger charge is -2.12. The van der Waals surface area contributed by atoms with E-state index >= 15 is 0 Å². The van der Waals surface area contributed by atoms with Gasteiger partial charge in [-0.25, -0.2) is 0 Å². The molecule has 0 aliphatic carbocycles. The van der Waals surface area contributed by atoms with Crippen molar-refractivity contribution >= 4 is 28.4 Å². The van der Waals surface area contributed by atoms with Crippen LogP contribution in [0.5, 0.6) is 11.5 Å². The number of carbonyl (C=O) groups is 1. The molecule has 0 saturated carbocycles. The SMILES string of the molecule is COc1cc(OCc2ccccc2)cc(I)c1C(C)=O. The van der Waals surface area contributed by atoms with Gasteiger partial charge in [0.15, 0.2) is 5.78 Å². The van der Waals surface area contributed by atoms with Crippen LogP contribution in [0.15, 0.2) is 42.5 Å². The zero-order valence-electron chi connectivity index (χ0n) is 11.4. The summed E-state index contributed by atoms with van der Waals surface area (Å²) in [7, 11) is 1.55. The summed E-state index contributed by atoms with van der Waals surface area (Å²) in [6, 6.07) is 13.5. The maximum atomic E-state index is 11.6. The molecule has 0 radical (unpaired) electrons. The number of benzene rings is 2. The van der Waals surface area contributed by atoms with Crippen molar-refractivity contribution < 1.29 is 14.3 Å². The van der Waals surface area contributed by atoms with Gasteiger partial charge in [0.1, 0.15) is 18.1 Å². The summed E-state index contributed by atoms with van der Waals surface area (Å²) in [5, 5.41) is 0. The van der Waals surface area contributed by atoms with Crippen LogP contribution >= 0.6 is 22.6 Å². The average Bonchev–Trinajstić information content (AvgIpc) is 2.45. The Hall–Kier alpha value is -1.56. The van der Waals surface area contributed by atoms with E-state index in [1.54, 1.807) is 13.2 Å². The first-order chi connectivity index (χ1) is 9.61. The minimum absolute atomic E-state index is 0.0131. The van der Waals surface area contributed by atoms with Crippen LogP contribution in [0, 0.1) is 3.57 Å². The molecular weight excluding hydrogens is 367 g/mol. The van der Waals surface area contributed by atoms with Gasteiger partial charge in [-0.15, -0.1) is 0 Å². The number of ketones is 1. The lowest BCUT2D eigenvalue weighted by Crippen LogP contribution is -2.03. The topological polar surface area (TPSA) is 35.5 Å². The third-order valence-electron chi connectivity index (χ3n) is 2.85. The Labute approximate surface area is 132 Å². The van der Waals surface area contributed by atoms with Crippen molar-refractivity contribution in [1.29, 1.82) is 0 Å². The summed E-state index contributed by atoms with van der Waals surface area (Å²) in [5.74, 6) is 1.23. The summed E-state index contributed by atoms with van der Waals surface area (Å²) in [4.78, 5) is 11.6. The highest BCUT2D eigenvalue weighted by Gasteiger charge is 2.14. The number of ether oxygens (including phenoxy) is 2. The van der Waals surface area contributed by atoms with E-state index in [0.29, 0.717) is 23.7 Å². The van der Waals surface area contributed by atoms with E-state index in [1.807, 2.05) is 36.4 Å². The molecule has 4 heteroatoms. The molecule has 0 spiro atoms. The second kappa shape index (κ2) is 6.74. The van der Waals surface area contributed by atoms with Gasteiger partial charge in [-0.3, -0.25) is 4.79 Å². The Morgan fingerprint density at radius 3 is 2.50 bits per heavy atom. The van der Waals surface area contributed by atoms with Crippen LogP contribution in [0.2, 0.25) is 0 Å². The Kier molecular flexibility index (Phi) is 5.00. The van der Waals surface area contributed by atoms with Crippen molar-refractivity contribution in [2.75, 3.05) is 7.11 Å². The van der Waals surface area contributed by atoms with Crippen molar-refractivity contribution in [3.05, 3.63) is 57.2 Å². The molecule has 0 aromatic heterocycles. The molecule has 0 N–H and O–H groups in total. The van der Waals surface area contributed by atoms with E-state index in [2.05, 4.69) is 22.6 Å². The predicted molar refractivity (Wildman–Crippen MR) is 86.5 cm³/mol. The molecule has 2 aromatic carbocycles. The second-order valence-corrected chi connectivity index (χ2v) is 5.48. The molecule has 0 fully saturated rings. The molecule has 0 amide bonds. The number of Topliss-reactive ketones (excluding diaryl/α,β-unsaturated/α-hetero) is 1. The number of hydrogen-bond donors (Lipinski definition) is 0. The van der Waals surface area contributed by atoms with Gasteiger partial charge in [0.2, 0.25) is 0 Å². The molecule has 0 unspecified atom stereocenters. The Balaban J connectivity index is 2.21. The van der Waals surface area contributed by atoms with E-state index in [4.69, 9.17) is 9.47 Å². The maximum absolute atomic E-state index is 11.6. The first kappa shape index (κ1) is 14.8. The predicted octanol–water partition coefficient (Wildman–Crippen LogP) is 4.08. The minimum atomic E-state index is -0.0131. The third kappa shape index (κ3) is 3.50. The molecule has 3 nitrogen and oxygen atoms in total. The Bertz CT molecular complexity index is 609. The van der Waals surface area contributed by atoms with Crippen LogP contribution in [0.3, 0.4) is 0 Å². The number of methoxy groups -OCH3 is 1. The van der Waals surface area contributed by atoms with Crippen LogP contribution in [0.4, 0.5) is 0 Å². The summed E-state index contributed by atoms with van der Waals surface area (Å²) in [6.07, 6.45) is 0. The largest absolute Gasteiger partial charge is 0.496 e. The summed E-state index contributed by atoms with van der Waals surface area (Å²) >= 11 is 2.12. The summed E-state index contributed by atoms with van der Waals surface area (Å²) in [6.45, 7) is 2.02. The number of carbonyl (C=O) groups excluding carboxylic acids is 1. The molecule has 0 bridgehead atoms. The maximum Gasteiger partial charge on any atom is 0.164 e. The van der Waals surface area contributed by atoms with E-state index in [9.17, 15) is 4.79 Å². The molecule has 20 heavy (non-hydrogen) atoms. The molecule has 0 aliphatic rings. The molecule has 0 aliphatic heterocycles. The fraction of sp³-hybridized carbons (Fsp3) is 0.188. The number of hydrogen-bond acceptors (Lipinski definition) is 3. The van der Waals surface area contributed by atoms with Crippen molar-refractivity contribution in [3.63, 3.8) is 0 Å². The molecule has 2 aromatic rings. The van der Waals surface area contributed by atoms with Gasteiger partial charge in [-0.05, 0) is 41.1 Å². The van der Waals surface area contributed by atoms with Gasteiger partial charge in [0, 0.05) is 9.64 Å². The van der Waals surface area contributed by atoms with Gasteiger partial charge in [0.05, 0.1) is 12.7 Å². The van der Waals surface area contributed by atoms with Gasteiger partial charge < -0.3 is 9.47 Å². The fourth-order valence-electron chi connectivity index (χ4n) is 1.88. The van der Waals surface area contributed by atoms with Crippen LogP contribution in [0.25, 0.3) is 0 Å². The standard InChI is InChI=1S/C16H15IO3/c1-11(18)16-14(17)8-13(9-15(16)19-2)20-10-12-6-4-3-5-7-12/h3-9H,10H2,1-2H3. The number of rotatable bonds is 5. The van der Waals surface area contributed by atoms with E-state index in [0.717, 1.165) is 9.13 Å². The summed E-state index contributed by atoms with van der Waals surface area (Å²) < 4.78 is 11.9. The molecule has 104 valence electrons. The quantitative estimate of drug-likeness (QED) is 0.578. The Morgan fingerprint density at radius 2 is 1.90 bits per heavy atom. The molecule has 0 saturated heterocycles. The van der Waals surface area contributed by atoms with Crippen LogP contribution in [0.1, 0.15) is 22.8 Å². The van der Waals surface area contributed by atoms with Crippen molar-refractivity contribution in [3.8, 4) is 11.5 Å². The van der Waals surface area contributed by atoms with Gasteiger partial charge in [-0.2, -0.15) is 0 Å². The van der Waals surface area contributed by atoms with Crippen molar-refractivity contribution in [2.45, 2.75) is 13.5 Å². The average molecular weight is 382 g/mol. The fourth-order valence-corrected chi connectivity index (χ4v) is 2.84. The van der Waals surface area contributed by atoms with Crippen LogP contribution in [-0.4, -0.2) is 12.9 Å². The lowest BCUT2D eigenvalue weighted by molar-refractivity contribution is 0.101. The molecular formula is C16H15IO3. The van der Waals surface area contributed by atoms with Gasteiger partial charge in [0.25, 0.3) is 0 Å². The van der Waals surface area contributed by atoms with Crippen LogP contribution < -0.4 is 9.47 Å². The smallest absolute Gasteiger partial charge is 0.164 e. The normalized spacial score (nSPS) is 10.2. The highest BCUT2D eigenvalue weighted by Crippen LogP contribution is 2.30. The number of halogens is 1. The second-order valence-electron chi connectivity index (χ2n) is 4.31. The first-order valence-corrected chi connectivity index (χ1v) is 7.25. The zero-order chi connectivity index (χ0) is 14.5. The molecule has 0 heterocycles. The van der Waals surface area contributed by atoms with E-state index in [1.165, 1.54) is 6.92 Å². The monoisotopic (exact) mass is 382 g/mol. The molecule has 2 rings (SSSR count). The van der Waals surface area contributed by atoms with Gasteiger partial charge >= 0.3 is 0 Å². The van der Waals surface area contributed by atoms with E-state index in [-0.39, 0.29) is 5.78 Å². The summed E-state index contributed by atoms with van der Waals surface area (Å²) in [5.41, 5.74) is 1.69. The Morgan fingerprint density at radius 1 is 1.20 bits per heavy atom. The highest BCUT2D eigenvalue weighted by molar-refractivity contribution is 14.1. The first-order valence-electron chi connectivity index (χ1n) is 6.17. The van der Waals surface area contributed by atoms with Gasteiger partial charge in [-0.1, -0.05) is 30.3 Å². The van der Waals surface area contributed by atoms with Crippen molar-refractivity contribution in [2.24, 2.45) is 0 Å². The minimum Gasteiger partial charge on any atom is -0.496 e. The van der Waals surface area contributed by atoms with Crippen LogP contribution in [-0.2, 0) is 6.61 Å². The molecule has 0 atom stereocenters. The zero-order valence-corrected chi connectivity index (χ0v) is 13.5. The lowest BCUT2D eigenvalue weighted by atomic mass is 10.1. The highest BCUT2D eigenvalue weighted by atomic mass is 127. The third-order valence-corrected chi connectivity index (χ3v) is 3.70. The van der Waals surface area contributed by atoms with Crippen molar-refractivity contribution in [1.82, 2.24) is 0 Å². The van der Waals surface area contributed by atoms with E-state index < -0.39 is 0 Å².